The fourth-order valence-corrected chi connectivity index (χ4v) is 1.61. The van der Waals surface area contributed by atoms with E-state index in [1.165, 1.54) is 31.7 Å². The maximum Gasteiger partial charge on any atom is 0.315 e. The number of furan rings is 1. The second-order valence-corrected chi connectivity index (χ2v) is 4.02. The Morgan fingerprint density at radius 2 is 2.32 bits per heavy atom. The summed E-state index contributed by atoms with van der Waals surface area (Å²) in [7, 11) is 1.26. The zero-order valence-electron chi connectivity index (χ0n) is 11.3. The highest BCUT2D eigenvalue weighted by molar-refractivity contribution is 5.92. The van der Waals surface area contributed by atoms with Crippen molar-refractivity contribution in [2.24, 2.45) is 5.10 Å². The van der Waals surface area contributed by atoms with Gasteiger partial charge in [0.1, 0.15) is 0 Å². The molecule has 9 nitrogen and oxygen atoms in total. The normalized spacial score (nSPS) is 10.6. The quantitative estimate of drug-likeness (QED) is 0.491. The number of nitrogens with zero attached hydrogens (tertiary/aromatic N) is 2. The number of amides is 1. The van der Waals surface area contributed by atoms with E-state index in [0.29, 0.717) is 0 Å². The Kier molecular flexibility index (Phi) is 4.37. The molecule has 0 aliphatic carbocycles. The standard InChI is InChI=1S/C13H11N3O6/c1-21-11-6-8(5-9(12(11)17)16(19)20)7-14-15-13(18)10-3-2-4-22-10/h2-7,17H,1H3,(H,15,18)/b14-7-. The van der Waals surface area contributed by atoms with E-state index < -0.39 is 22.3 Å². The van der Waals surface area contributed by atoms with Crippen molar-refractivity contribution < 1.29 is 24.0 Å². The van der Waals surface area contributed by atoms with Crippen LogP contribution >= 0.6 is 0 Å². The number of nitrogens with one attached hydrogen (secondary N) is 1. The molecule has 0 bridgehead atoms. The number of carbonyl (C=O) groups is 1. The number of nitro groups is 1. The molecule has 114 valence electrons. The molecule has 0 radical (unpaired) electrons. The monoisotopic (exact) mass is 305 g/mol. The summed E-state index contributed by atoms with van der Waals surface area (Å²) in [6.07, 6.45) is 2.52. The number of rotatable bonds is 5. The van der Waals surface area contributed by atoms with Crippen LogP contribution in [0.1, 0.15) is 16.1 Å². The van der Waals surface area contributed by atoms with Crippen molar-refractivity contribution in [2.45, 2.75) is 0 Å². The van der Waals surface area contributed by atoms with E-state index in [1.807, 2.05) is 0 Å². The minimum absolute atomic E-state index is 0.0754. The molecule has 0 aliphatic rings. The van der Waals surface area contributed by atoms with Gasteiger partial charge in [-0.05, 0) is 18.2 Å². The summed E-state index contributed by atoms with van der Waals surface area (Å²) in [6, 6.07) is 5.44. The SMILES string of the molecule is COc1cc(/C=N\NC(=O)c2ccco2)cc([N+](=O)[O-])c1O. The van der Waals surface area contributed by atoms with E-state index in [0.717, 1.165) is 6.07 Å². The van der Waals surface area contributed by atoms with Gasteiger partial charge < -0.3 is 14.3 Å². The van der Waals surface area contributed by atoms with E-state index in [-0.39, 0.29) is 17.1 Å². The molecule has 0 saturated carbocycles. The largest absolute Gasteiger partial charge is 0.500 e. The fourth-order valence-electron chi connectivity index (χ4n) is 1.61. The lowest BCUT2D eigenvalue weighted by atomic mass is 10.2. The third-order valence-corrected chi connectivity index (χ3v) is 2.62. The third kappa shape index (κ3) is 3.20. The number of methoxy groups -OCH3 is 1. The minimum atomic E-state index is -0.753. The van der Waals surface area contributed by atoms with Gasteiger partial charge in [-0.1, -0.05) is 0 Å². The van der Waals surface area contributed by atoms with Crippen LogP contribution in [0.5, 0.6) is 11.5 Å². The summed E-state index contributed by atoms with van der Waals surface area (Å²) >= 11 is 0. The summed E-state index contributed by atoms with van der Waals surface area (Å²) in [6.45, 7) is 0. The predicted octanol–water partition coefficient (Wildman–Crippen LogP) is 1.67. The lowest BCUT2D eigenvalue weighted by Crippen LogP contribution is -2.16. The number of phenols is 1. The van der Waals surface area contributed by atoms with Crippen molar-refractivity contribution in [3.8, 4) is 11.5 Å². The Hall–Kier alpha value is -3.36. The van der Waals surface area contributed by atoms with Gasteiger partial charge in [-0.25, -0.2) is 5.43 Å². The molecule has 2 rings (SSSR count). The van der Waals surface area contributed by atoms with Gasteiger partial charge in [-0.15, -0.1) is 0 Å². The van der Waals surface area contributed by atoms with Crippen molar-refractivity contribution in [2.75, 3.05) is 7.11 Å². The second kappa shape index (κ2) is 6.39. The molecule has 22 heavy (non-hydrogen) atoms. The highest BCUT2D eigenvalue weighted by Gasteiger charge is 2.19. The van der Waals surface area contributed by atoms with Gasteiger partial charge in [0, 0.05) is 11.6 Å². The van der Waals surface area contributed by atoms with Crippen molar-refractivity contribution in [1.29, 1.82) is 0 Å². The van der Waals surface area contributed by atoms with Crippen LogP contribution in [0.4, 0.5) is 5.69 Å². The van der Waals surface area contributed by atoms with Gasteiger partial charge in [0.25, 0.3) is 0 Å². The molecule has 2 N–H and O–H groups in total. The lowest BCUT2D eigenvalue weighted by Gasteiger charge is -2.05. The lowest BCUT2D eigenvalue weighted by molar-refractivity contribution is -0.386. The molecule has 0 saturated heterocycles. The van der Waals surface area contributed by atoms with Crippen LogP contribution in [0.3, 0.4) is 0 Å². The third-order valence-electron chi connectivity index (χ3n) is 2.62. The minimum Gasteiger partial charge on any atom is -0.500 e. The van der Waals surface area contributed by atoms with Gasteiger partial charge in [-0.2, -0.15) is 5.10 Å². The van der Waals surface area contributed by atoms with Gasteiger partial charge in [0.2, 0.25) is 5.75 Å². The molecule has 1 heterocycles. The smallest absolute Gasteiger partial charge is 0.315 e. The zero-order valence-corrected chi connectivity index (χ0v) is 11.3. The molecule has 0 unspecified atom stereocenters. The van der Waals surface area contributed by atoms with Gasteiger partial charge in [0.05, 0.1) is 24.5 Å². The first kappa shape index (κ1) is 15.0. The Bertz CT molecular complexity index is 724. The Labute approximate surface area is 124 Å². The highest BCUT2D eigenvalue weighted by atomic mass is 16.6. The highest BCUT2D eigenvalue weighted by Crippen LogP contribution is 2.36. The van der Waals surface area contributed by atoms with Crippen LogP contribution in [0.2, 0.25) is 0 Å². The summed E-state index contributed by atoms with van der Waals surface area (Å²) < 4.78 is 9.72. The van der Waals surface area contributed by atoms with Gasteiger partial charge in [-0.3, -0.25) is 14.9 Å². The molecule has 0 aliphatic heterocycles. The van der Waals surface area contributed by atoms with Crippen molar-refractivity contribution >= 4 is 17.8 Å². The maximum atomic E-state index is 11.6. The fraction of sp³-hybridized carbons (Fsp3) is 0.0769. The molecule has 0 atom stereocenters. The topological polar surface area (TPSA) is 127 Å². The summed E-state index contributed by atoms with van der Waals surface area (Å²) in [5.74, 6) is -1.15. The predicted molar refractivity (Wildman–Crippen MR) is 75.1 cm³/mol. The van der Waals surface area contributed by atoms with Crippen molar-refractivity contribution in [3.05, 3.63) is 52.0 Å². The molecule has 0 spiro atoms. The first-order valence-electron chi connectivity index (χ1n) is 5.95. The Morgan fingerprint density at radius 3 is 2.91 bits per heavy atom. The van der Waals surface area contributed by atoms with Crippen molar-refractivity contribution in [3.63, 3.8) is 0 Å². The molecule has 0 fully saturated rings. The average Bonchev–Trinajstić information content (AvgIpc) is 3.02. The number of hydrogen-bond donors (Lipinski definition) is 2. The first-order chi connectivity index (χ1) is 10.5. The summed E-state index contributed by atoms with van der Waals surface area (Å²) in [4.78, 5) is 21.6. The van der Waals surface area contributed by atoms with E-state index in [9.17, 15) is 20.0 Å². The van der Waals surface area contributed by atoms with Crippen LogP contribution in [0.15, 0.2) is 40.0 Å². The van der Waals surface area contributed by atoms with Crippen LogP contribution in [-0.2, 0) is 0 Å². The second-order valence-electron chi connectivity index (χ2n) is 4.02. The van der Waals surface area contributed by atoms with Gasteiger partial charge >= 0.3 is 11.6 Å². The zero-order chi connectivity index (χ0) is 16.1. The van der Waals surface area contributed by atoms with E-state index in [2.05, 4.69) is 10.5 Å². The van der Waals surface area contributed by atoms with Crippen molar-refractivity contribution in [1.82, 2.24) is 5.43 Å². The van der Waals surface area contributed by atoms with Crippen LogP contribution in [0.25, 0.3) is 0 Å². The first-order valence-corrected chi connectivity index (χ1v) is 5.95. The molecular weight excluding hydrogens is 294 g/mol. The molecule has 1 aromatic heterocycles. The van der Waals surface area contributed by atoms with Gasteiger partial charge in [0.15, 0.2) is 11.5 Å². The summed E-state index contributed by atoms with van der Waals surface area (Å²) in [5.41, 5.74) is 1.93. The number of hydrazone groups is 1. The molecule has 1 amide bonds. The molecule has 2 aromatic rings. The van der Waals surface area contributed by atoms with E-state index in [4.69, 9.17) is 9.15 Å². The number of hydrogen-bond acceptors (Lipinski definition) is 7. The number of aromatic hydroxyl groups is 1. The van der Waals surface area contributed by atoms with Crippen LogP contribution < -0.4 is 10.2 Å². The Morgan fingerprint density at radius 1 is 1.55 bits per heavy atom. The van der Waals surface area contributed by atoms with Crippen LogP contribution in [0, 0.1) is 10.1 Å². The number of nitro benzene ring substituents is 1. The Balaban J connectivity index is 2.18. The number of carbonyl (C=O) groups excluding carboxylic acids is 1. The maximum absolute atomic E-state index is 11.6. The molecule has 9 heteroatoms. The molecular formula is C13H11N3O6. The van der Waals surface area contributed by atoms with Crippen LogP contribution in [-0.4, -0.2) is 29.3 Å². The number of benzene rings is 1. The average molecular weight is 305 g/mol. The number of ether oxygens (including phenoxy) is 1. The summed E-state index contributed by atoms with van der Waals surface area (Å²) in [5, 5.41) is 24.1. The van der Waals surface area contributed by atoms with E-state index in [1.54, 1.807) is 6.07 Å². The molecule has 1 aromatic carbocycles. The number of phenolic OH excluding ortho intramolecular Hbond substituents is 1. The van der Waals surface area contributed by atoms with E-state index >= 15 is 0 Å².